The van der Waals surface area contributed by atoms with Gasteiger partial charge in [-0.25, -0.2) is 0 Å². The third-order valence-electron chi connectivity index (χ3n) is 7.33. The smallest absolute Gasteiger partial charge is 0.227 e. The van der Waals surface area contributed by atoms with Gasteiger partial charge in [0.2, 0.25) is 5.91 Å². The Morgan fingerprint density at radius 1 is 1.15 bits per heavy atom. The highest BCUT2D eigenvalue weighted by atomic mass is 16.3. The van der Waals surface area contributed by atoms with Crippen molar-refractivity contribution in [2.45, 2.75) is 57.0 Å². The highest BCUT2D eigenvalue weighted by molar-refractivity contribution is 5.99. The summed E-state index contributed by atoms with van der Waals surface area (Å²) in [6, 6.07) is 18.1. The van der Waals surface area contributed by atoms with E-state index in [-0.39, 0.29) is 12.5 Å². The zero-order valence-corrected chi connectivity index (χ0v) is 19.2. The molecule has 2 aromatic heterocycles. The Bertz CT molecular complexity index is 1290. The molecule has 172 valence electrons. The van der Waals surface area contributed by atoms with E-state index in [2.05, 4.69) is 16.0 Å². The Kier molecular flexibility index (Phi) is 5.20. The molecular weight excluding hydrogens is 414 g/mol. The predicted octanol–water partition coefficient (Wildman–Crippen LogP) is 5.02. The Morgan fingerprint density at radius 3 is 2.55 bits per heavy atom. The first kappa shape index (κ1) is 21.6. The number of hydrogen-bond donors (Lipinski definition) is 3. The number of aromatic nitrogens is 1. The van der Waals surface area contributed by atoms with E-state index in [4.69, 9.17) is 10.2 Å². The van der Waals surface area contributed by atoms with Crippen molar-refractivity contribution in [3.05, 3.63) is 65.9 Å². The molecule has 2 aromatic carbocycles. The van der Waals surface area contributed by atoms with E-state index < -0.39 is 11.0 Å². The van der Waals surface area contributed by atoms with Gasteiger partial charge in [0.15, 0.2) is 0 Å². The molecule has 0 radical (unpaired) electrons. The van der Waals surface area contributed by atoms with Crippen molar-refractivity contribution in [2.75, 3.05) is 11.9 Å². The molecule has 6 heteroatoms. The molecular formula is C27H31N3O3. The van der Waals surface area contributed by atoms with Gasteiger partial charge < -0.3 is 25.1 Å². The molecule has 0 atom stereocenters. The maximum absolute atomic E-state index is 12.6. The van der Waals surface area contributed by atoms with Crippen LogP contribution in [0.15, 0.2) is 59.0 Å². The van der Waals surface area contributed by atoms with Crippen LogP contribution in [0.2, 0.25) is 0 Å². The molecule has 1 aliphatic rings. The number of benzene rings is 2. The summed E-state index contributed by atoms with van der Waals surface area (Å²) < 4.78 is 8.27. The first-order valence-electron chi connectivity index (χ1n) is 11.6. The molecule has 33 heavy (non-hydrogen) atoms. The summed E-state index contributed by atoms with van der Waals surface area (Å²) in [5, 5.41) is 16.2. The Balaban J connectivity index is 1.70. The minimum absolute atomic E-state index is 0.0431. The van der Waals surface area contributed by atoms with Crippen molar-refractivity contribution in [1.29, 1.82) is 0 Å². The second-order valence-electron chi connectivity index (χ2n) is 9.76. The van der Waals surface area contributed by atoms with Gasteiger partial charge in [-0.15, -0.1) is 0 Å². The topological polar surface area (TPSA) is 93.4 Å². The maximum atomic E-state index is 12.6. The molecule has 0 unspecified atom stereocenters. The second kappa shape index (κ2) is 7.96. The molecule has 0 saturated heterocycles. The van der Waals surface area contributed by atoms with Crippen molar-refractivity contribution in [3.8, 4) is 0 Å². The van der Waals surface area contributed by atoms with Gasteiger partial charge in [-0.1, -0.05) is 49.2 Å². The zero-order chi connectivity index (χ0) is 23.2. The molecule has 6 nitrogen and oxygen atoms in total. The number of aliphatic hydroxyl groups is 1. The van der Waals surface area contributed by atoms with Crippen LogP contribution in [0.25, 0.3) is 21.9 Å². The van der Waals surface area contributed by atoms with Gasteiger partial charge in [0.1, 0.15) is 17.2 Å². The summed E-state index contributed by atoms with van der Waals surface area (Å²) in [6.45, 7) is 4.23. The first-order chi connectivity index (χ1) is 15.9. The highest BCUT2D eigenvalue weighted by Gasteiger charge is 2.42. The lowest BCUT2D eigenvalue weighted by Gasteiger charge is -2.33. The lowest BCUT2D eigenvalue weighted by molar-refractivity contribution is -0.122. The largest absolute Gasteiger partial charge is 0.459 e. The first-order valence-corrected chi connectivity index (χ1v) is 11.6. The fourth-order valence-electron chi connectivity index (χ4n) is 5.44. The molecule has 1 fully saturated rings. The molecule has 0 bridgehead atoms. The van der Waals surface area contributed by atoms with Crippen molar-refractivity contribution >= 4 is 33.6 Å². The highest BCUT2D eigenvalue weighted by Crippen LogP contribution is 2.47. The molecule has 0 aliphatic heterocycles. The summed E-state index contributed by atoms with van der Waals surface area (Å²) in [6.07, 6.45) is 3.89. The van der Waals surface area contributed by atoms with Gasteiger partial charge in [-0.05, 0) is 44.9 Å². The molecule has 1 aliphatic carbocycles. The number of furan rings is 1. The molecule has 4 aromatic rings. The minimum Gasteiger partial charge on any atom is -0.459 e. The number of nitrogens with one attached hydrogen (secondary N) is 1. The van der Waals surface area contributed by atoms with Crippen LogP contribution in [0.1, 0.15) is 50.9 Å². The van der Waals surface area contributed by atoms with Crippen molar-refractivity contribution < 1.29 is 14.3 Å². The minimum atomic E-state index is -0.906. The van der Waals surface area contributed by atoms with Crippen LogP contribution in [0.5, 0.6) is 0 Å². The molecule has 0 spiro atoms. The summed E-state index contributed by atoms with van der Waals surface area (Å²) >= 11 is 0. The normalized spacial score (nSPS) is 16.0. The predicted molar refractivity (Wildman–Crippen MR) is 131 cm³/mol. The van der Waals surface area contributed by atoms with Gasteiger partial charge in [0, 0.05) is 16.3 Å². The van der Waals surface area contributed by atoms with E-state index in [0.717, 1.165) is 64.7 Å². The van der Waals surface area contributed by atoms with Crippen LogP contribution >= 0.6 is 0 Å². The lowest BCUT2D eigenvalue weighted by Crippen LogP contribution is -2.38. The molecule has 4 N–H and O–H groups in total. The zero-order valence-electron chi connectivity index (χ0n) is 19.2. The van der Waals surface area contributed by atoms with Crippen LogP contribution in [0, 0.1) is 0 Å². The van der Waals surface area contributed by atoms with Crippen LogP contribution in [0.4, 0.5) is 5.82 Å². The summed E-state index contributed by atoms with van der Waals surface area (Å²) in [4.78, 5) is 12.6. The summed E-state index contributed by atoms with van der Waals surface area (Å²) in [5.74, 6) is 1.25. The summed E-state index contributed by atoms with van der Waals surface area (Å²) in [7, 11) is 0. The summed E-state index contributed by atoms with van der Waals surface area (Å²) in [5.41, 5.74) is 7.29. The van der Waals surface area contributed by atoms with E-state index in [1.165, 1.54) is 0 Å². The number of carbonyl (C=O) groups is 1. The standard InChI is InChI=1S/C27H31N3O3/c1-26(2,25(28)32)23-20-10-4-5-11-21(20)30(27(17-31)13-7-8-14-27)24(23)29-16-19-15-18-9-3-6-12-22(18)33-19/h3-6,9-12,15,29,31H,7-8,13-14,16-17H2,1-2H3,(H2,28,32). The van der Waals surface area contributed by atoms with Crippen molar-refractivity contribution in [3.63, 3.8) is 0 Å². The SMILES string of the molecule is CC(C)(C(N)=O)c1c(NCc2cc3ccccc3o2)n(C2(CO)CCCC2)c2ccccc12. The maximum Gasteiger partial charge on any atom is 0.227 e. The Labute approximate surface area is 193 Å². The van der Waals surface area contributed by atoms with Crippen molar-refractivity contribution in [2.24, 2.45) is 5.73 Å². The number of nitrogens with two attached hydrogens (primary N) is 1. The molecule has 1 saturated carbocycles. The monoisotopic (exact) mass is 445 g/mol. The number of aliphatic hydroxyl groups excluding tert-OH is 1. The van der Waals surface area contributed by atoms with Crippen molar-refractivity contribution in [1.82, 2.24) is 4.57 Å². The average Bonchev–Trinajstić information content (AvgIpc) is 3.52. The fraction of sp³-hybridized carbons (Fsp3) is 0.370. The van der Waals surface area contributed by atoms with Gasteiger partial charge in [0.05, 0.1) is 29.6 Å². The number of amides is 1. The Hall–Kier alpha value is -3.25. The molecule has 1 amide bonds. The number of rotatable bonds is 7. The quantitative estimate of drug-likeness (QED) is 0.372. The second-order valence-corrected chi connectivity index (χ2v) is 9.76. The third-order valence-corrected chi connectivity index (χ3v) is 7.33. The van der Waals surface area contributed by atoms with Gasteiger partial charge >= 0.3 is 0 Å². The van der Waals surface area contributed by atoms with Crippen LogP contribution in [0.3, 0.4) is 0 Å². The number of fused-ring (bicyclic) bond motifs is 2. The van der Waals surface area contributed by atoms with Crippen LogP contribution in [-0.4, -0.2) is 22.2 Å². The van der Waals surface area contributed by atoms with Gasteiger partial charge in [-0.3, -0.25) is 4.79 Å². The van der Waals surface area contributed by atoms with E-state index in [0.29, 0.717) is 6.54 Å². The van der Waals surface area contributed by atoms with Gasteiger partial charge in [-0.2, -0.15) is 0 Å². The number of nitrogens with zero attached hydrogens (tertiary/aromatic N) is 1. The van der Waals surface area contributed by atoms with E-state index >= 15 is 0 Å². The van der Waals surface area contributed by atoms with Gasteiger partial charge in [0.25, 0.3) is 0 Å². The van der Waals surface area contributed by atoms with E-state index in [1.54, 1.807) is 0 Å². The number of hydrogen-bond acceptors (Lipinski definition) is 4. The Morgan fingerprint density at radius 2 is 1.85 bits per heavy atom. The third kappa shape index (κ3) is 3.40. The lowest BCUT2D eigenvalue weighted by atomic mass is 9.83. The fourth-order valence-corrected chi connectivity index (χ4v) is 5.44. The number of anilines is 1. The molecule has 5 rings (SSSR count). The molecule has 2 heterocycles. The number of carbonyl (C=O) groups excluding carboxylic acids is 1. The number of primary amides is 1. The van der Waals surface area contributed by atoms with Crippen LogP contribution < -0.4 is 11.1 Å². The van der Waals surface area contributed by atoms with E-state index in [9.17, 15) is 9.90 Å². The number of para-hydroxylation sites is 2. The van der Waals surface area contributed by atoms with Crippen LogP contribution in [-0.2, 0) is 22.3 Å². The average molecular weight is 446 g/mol. The van der Waals surface area contributed by atoms with E-state index in [1.807, 2.05) is 62.4 Å².